The second kappa shape index (κ2) is 6.49. The molecular formula is C12H9Cl2N3OS2. The van der Waals surface area contributed by atoms with Gasteiger partial charge in [0.1, 0.15) is 0 Å². The van der Waals surface area contributed by atoms with E-state index in [1.54, 1.807) is 6.07 Å². The molecule has 1 heterocycles. The van der Waals surface area contributed by atoms with Crippen LogP contribution in [-0.4, -0.2) is 16.0 Å². The summed E-state index contributed by atoms with van der Waals surface area (Å²) in [6.45, 7) is 1.87. The van der Waals surface area contributed by atoms with Gasteiger partial charge in [-0.15, -0.1) is 11.3 Å². The Labute approximate surface area is 135 Å². The number of nitrogens with one attached hydrogen (secondary N) is 2. The normalized spacial score (nSPS) is 10.2. The molecule has 1 aromatic carbocycles. The van der Waals surface area contributed by atoms with Crippen LogP contribution in [0.3, 0.4) is 0 Å². The molecule has 0 aliphatic rings. The van der Waals surface area contributed by atoms with E-state index in [0.29, 0.717) is 15.7 Å². The van der Waals surface area contributed by atoms with Crippen LogP contribution < -0.4 is 10.6 Å². The third kappa shape index (κ3) is 3.89. The summed E-state index contributed by atoms with van der Waals surface area (Å²) in [6, 6.07) is 4.62. The van der Waals surface area contributed by atoms with E-state index in [1.165, 1.54) is 23.5 Å². The number of carbonyl (C=O) groups is 1. The van der Waals surface area contributed by atoms with Crippen molar-refractivity contribution in [2.45, 2.75) is 6.92 Å². The highest BCUT2D eigenvalue weighted by atomic mass is 35.5. The molecule has 0 bridgehead atoms. The predicted molar refractivity (Wildman–Crippen MR) is 87.0 cm³/mol. The molecule has 0 spiro atoms. The Bertz CT molecular complexity index is 672. The molecule has 1 aromatic heterocycles. The molecule has 104 valence electrons. The summed E-state index contributed by atoms with van der Waals surface area (Å²) >= 11 is 18.2. The lowest BCUT2D eigenvalue weighted by molar-refractivity contribution is 0.0978. The Morgan fingerprint density at radius 2 is 2.15 bits per heavy atom. The molecule has 0 saturated heterocycles. The van der Waals surface area contributed by atoms with Crippen molar-refractivity contribution in [2.75, 3.05) is 5.32 Å². The van der Waals surface area contributed by atoms with E-state index in [0.717, 1.165) is 5.69 Å². The van der Waals surface area contributed by atoms with Gasteiger partial charge in [0.25, 0.3) is 5.91 Å². The highest BCUT2D eigenvalue weighted by molar-refractivity contribution is 7.80. The minimum atomic E-state index is -0.405. The number of aryl methyl sites for hydroxylation is 1. The monoisotopic (exact) mass is 345 g/mol. The number of hydrogen-bond donors (Lipinski definition) is 2. The van der Waals surface area contributed by atoms with Crippen molar-refractivity contribution in [3.63, 3.8) is 0 Å². The number of aromatic nitrogens is 1. The Hall–Kier alpha value is -1.21. The number of carbonyl (C=O) groups excluding carboxylic acids is 1. The SMILES string of the molecule is Cc1csc(NC(=S)NC(=O)c2ccc(Cl)cc2Cl)n1. The molecule has 0 fully saturated rings. The number of amides is 1. The lowest BCUT2D eigenvalue weighted by Gasteiger charge is -2.08. The van der Waals surface area contributed by atoms with E-state index < -0.39 is 5.91 Å². The molecule has 0 saturated carbocycles. The maximum atomic E-state index is 12.0. The smallest absolute Gasteiger partial charge is 0.258 e. The molecule has 20 heavy (non-hydrogen) atoms. The van der Waals surface area contributed by atoms with Crippen LogP contribution >= 0.6 is 46.8 Å². The second-order valence-electron chi connectivity index (χ2n) is 3.83. The topological polar surface area (TPSA) is 54.0 Å². The fourth-order valence-corrected chi connectivity index (χ4v) is 2.82. The molecule has 0 radical (unpaired) electrons. The molecule has 1 amide bonds. The highest BCUT2D eigenvalue weighted by Gasteiger charge is 2.12. The molecule has 4 nitrogen and oxygen atoms in total. The van der Waals surface area contributed by atoms with Crippen molar-refractivity contribution >= 4 is 62.9 Å². The van der Waals surface area contributed by atoms with Crippen molar-refractivity contribution in [3.05, 3.63) is 44.9 Å². The first kappa shape index (κ1) is 15.2. The number of anilines is 1. The second-order valence-corrected chi connectivity index (χ2v) is 5.94. The molecule has 2 rings (SSSR count). The van der Waals surface area contributed by atoms with E-state index in [1.807, 2.05) is 12.3 Å². The zero-order valence-electron chi connectivity index (χ0n) is 10.2. The van der Waals surface area contributed by atoms with E-state index in [9.17, 15) is 4.79 Å². The van der Waals surface area contributed by atoms with Gasteiger partial charge in [-0.05, 0) is 37.3 Å². The van der Waals surface area contributed by atoms with Gasteiger partial charge < -0.3 is 5.32 Å². The number of nitrogens with zero attached hydrogens (tertiary/aromatic N) is 1. The van der Waals surface area contributed by atoms with Crippen LogP contribution in [0.4, 0.5) is 5.13 Å². The van der Waals surface area contributed by atoms with Crippen molar-refractivity contribution in [3.8, 4) is 0 Å². The van der Waals surface area contributed by atoms with Gasteiger partial charge in [0, 0.05) is 10.4 Å². The molecule has 0 unspecified atom stereocenters. The lowest BCUT2D eigenvalue weighted by atomic mass is 10.2. The number of thiocarbonyl (C=S) groups is 1. The third-order valence-corrected chi connectivity index (χ3v) is 3.87. The molecule has 0 aliphatic heterocycles. The van der Waals surface area contributed by atoms with Gasteiger partial charge in [0.2, 0.25) is 0 Å². The third-order valence-electron chi connectivity index (χ3n) is 2.24. The van der Waals surface area contributed by atoms with Gasteiger partial charge >= 0.3 is 0 Å². The summed E-state index contributed by atoms with van der Waals surface area (Å²) in [6.07, 6.45) is 0. The molecule has 8 heteroatoms. The standard InChI is InChI=1S/C12H9Cl2N3OS2/c1-6-5-20-12(15-6)17-11(19)16-10(18)8-3-2-7(13)4-9(8)14/h2-5H,1H3,(H2,15,16,17,18,19). The Morgan fingerprint density at radius 3 is 2.75 bits per heavy atom. The van der Waals surface area contributed by atoms with Gasteiger partial charge in [-0.3, -0.25) is 10.1 Å². The molecule has 0 aliphatic carbocycles. The fourth-order valence-electron chi connectivity index (χ4n) is 1.38. The molecule has 2 aromatic rings. The minimum Gasteiger partial charge on any atom is -0.308 e. The van der Waals surface area contributed by atoms with Crippen LogP contribution in [-0.2, 0) is 0 Å². The van der Waals surface area contributed by atoms with Crippen LogP contribution in [0.5, 0.6) is 0 Å². The molecular weight excluding hydrogens is 337 g/mol. The summed E-state index contributed by atoms with van der Waals surface area (Å²) in [7, 11) is 0. The maximum Gasteiger partial charge on any atom is 0.258 e. The van der Waals surface area contributed by atoms with E-state index in [4.69, 9.17) is 35.4 Å². The van der Waals surface area contributed by atoms with Crippen LogP contribution in [0.15, 0.2) is 23.6 Å². The van der Waals surface area contributed by atoms with Crippen molar-refractivity contribution in [1.29, 1.82) is 0 Å². The number of hydrogen-bond acceptors (Lipinski definition) is 4. The van der Waals surface area contributed by atoms with Crippen molar-refractivity contribution in [2.24, 2.45) is 0 Å². The van der Waals surface area contributed by atoms with Gasteiger partial charge in [0.15, 0.2) is 10.2 Å². The van der Waals surface area contributed by atoms with Gasteiger partial charge in [-0.25, -0.2) is 4.98 Å². The zero-order valence-corrected chi connectivity index (χ0v) is 13.4. The number of thiazole rings is 1. The lowest BCUT2D eigenvalue weighted by Crippen LogP contribution is -2.34. The number of halogens is 2. The Morgan fingerprint density at radius 1 is 1.40 bits per heavy atom. The van der Waals surface area contributed by atoms with E-state index in [-0.39, 0.29) is 10.1 Å². The van der Waals surface area contributed by atoms with Crippen molar-refractivity contribution in [1.82, 2.24) is 10.3 Å². The average Bonchev–Trinajstić information content (AvgIpc) is 2.74. The first-order valence-corrected chi connectivity index (χ1v) is 7.49. The van der Waals surface area contributed by atoms with Crippen LogP contribution in [0.25, 0.3) is 0 Å². The predicted octanol–water partition coefficient (Wildman–Crippen LogP) is 3.89. The fraction of sp³-hybridized carbons (Fsp3) is 0.0833. The zero-order chi connectivity index (χ0) is 14.7. The summed E-state index contributed by atoms with van der Waals surface area (Å²) < 4.78 is 0. The highest BCUT2D eigenvalue weighted by Crippen LogP contribution is 2.21. The minimum absolute atomic E-state index is 0.162. The summed E-state index contributed by atoms with van der Waals surface area (Å²) in [5.74, 6) is -0.405. The van der Waals surface area contributed by atoms with E-state index >= 15 is 0 Å². The first-order valence-electron chi connectivity index (χ1n) is 5.45. The summed E-state index contributed by atoms with van der Waals surface area (Å²) in [4.78, 5) is 16.2. The molecule has 0 atom stereocenters. The Kier molecular flexibility index (Phi) is 4.93. The molecule has 2 N–H and O–H groups in total. The summed E-state index contributed by atoms with van der Waals surface area (Å²) in [5, 5.41) is 8.76. The van der Waals surface area contributed by atoms with Crippen LogP contribution in [0.2, 0.25) is 10.0 Å². The van der Waals surface area contributed by atoms with Gasteiger partial charge in [-0.2, -0.15) is 0 Å². The first-order chi connectivity index (χ1) is 9.45. The van der Waals surface area contributed by atoms with Crippen LogP contribution in [0.1, 0.15) is 16.1 Å². The van der Waals surface area contributed by atoms with E-state index in [2.05, 4.69) is 15.6 Å². The van der Waals surface area contributed by atoms with Crippen molar-refractivity contribution < 1.29 is 4.79 Å². The number of rotatable bonds is 2. The maximum absolute atomic E-state index is 12.0. The van der Waals surface area contributed by atoms with Crippen LogP contribution in [0, 0.1) is 6.92 Å². The van der Waals surface area contributed by atoms with Gasteiger partial charge in [0.05, 0.1) is 16.3 Å². The Balaban J connectivity index is 2.02. The largest absolute Gasteiger partial charge is 0.308 e. The quantitative estimate of drug-likeness (QED) is 0.810. The average molecular weight is 346 g/mol. The summed E-state index contributed by atoms with van der Waals surface area (Å²) in [5.41, 5.74) is 1.18. The number of benzene rings is 1. The van der Waals surface area contributed by atoms with Gasteiger partial charge in [-0.1, -0.05) is 23.2 Å².